The van der Waals surface area contributed by atoms with Gasteiger partial charge in [-0.2, -0.15) is 4.31 Å². The fraction of sp³-hybridized carbons (Fsp3) is 0.529. The van der Waals surface area contributed by atoms with E-state index in [0.717, 1.165) is 19.3 Å². The molecule has 1 aromatic carbocycles. The normalized spacial score (nSPS) is 18.2. The number of esters is 2. The number of carbonyl (C=O) groups is 2. The molecule has 8 nitrogen and oxygen atoms in total. The van der Waals surface area contributed by atoms with Crippen molar-refractivity contribution in [2.75, 3.05) is 27.4 Å². The van der Waals surface area contributed by atoms with Crippen molar-refractivity contribution in [3.8, 4) is 5.75 Å². The number of rotatable bonds is 6. The second kappa shape index (κ2) is 8.50. The Balaban J connectivity index is 2.34. The summed E-state index contributed by atoms with van der Waals surface area (Å²) in [6.07, 6.45) is 2.54. The molecule has 1 heterocycles. The highest BCUT2D eigenvalue weighted by Crippen LogP contribution is 2.31. The predicted octanol–water partition coefficient (Wildman–Crippen LogP) is 1.59. The van der Waals surface area contributed by atoms with Crippen LogP contribution in [0.1, 0.15) is 36.5 Å². The van der Waals surface area contributed by atoms with E-state index in [0.29, 0.717) is 6.54 Å². The van der Waals surface area contributed by atoms with E-state index >= 15 is 0 Å². The van der Waals surface area contributed by atoms with Crippen LogP contribution < -0.4 is 4.74 Å². The van der Waals surface area contributed by atoms with Crippen molar-refractivity contribution >= 4 is 22.0 Å². The summed E-state index contributed by atoms with van der Waals surface area (Å²) in [5.41, 5.74) is 0.0120. The standard InChI is InChI=1S/C17H23NO7S/c1-12-6-4-5-9-18(12)26(21,22)15-10-13(7-8-14(15)23-2)17(20)25-11-16(19)24-3/h7-8,10,12H,4-6,9,11H2,1-3H3. The van der Waals surface area contributed by atoms with Crippen molar-refractivity contribution in [1.82, 2.24) is 4.31 Å². The Morgan fingerprint density at radius 1 is 1.23 bits per heavy atom. The topological polar surface area (TPSA) is 99.2 Å². The van der Waals surface area contributed by atoms with E-state index in [1.165, 1.54) is 36.7 Å². The SMILES string of the molecule is COC(=O)COC(=O)c1ccc(OC)c(S(=O)(=O)N2CCCCC2C)c1. The lowest BCUT2D eigenvalue weighted by molar-refractivity contribution is -0.144. The van der Waals surface area contributed by atoms with Crippen molar-refractivity contribution < 1.29 is 32.2 Å². The lowest BCUT2D eigenvalue weighted by Gasteiger charge is -2.32. The van der Waals surface area contributed by atoms with Gasteiger partial charge >= 0.3 is 11.9 Å². The first-order valence-electron chi connectivity index (χ1n) is 8.25. The van der Waals surface area contributed by atoms with E-state index in [1.807, 2.05) is 6.92 Å². The predicted molar refractivity (Wildman–Crippen MR) is 92.5 cm³/mol. The summed E-state index contributed by atoms with van der Waals surface area (Å²) in [5.74, 6) is -1.38. The average molecular weight is 385 g/mol. The van der Waals surface area contributed by atoms with Gasteiger partial charge in [0.25, 0.3) is 0 Å². The van der Waals surface area contributed by atoms with Gasteiger partial charge in [-0.25, -0.2) is 18.0 Å². The van der Waals surface area contributed by atoms with Crippen LogP contribution in [0.25, 0.3) is 0 Å². The highest BCUT2D eigenvalue weighted by Gasteiger charge is 2.33. The van der Waals surface area contributed by atoms with E-state index in [9.17, 15) is 18.0 Å². The van der Waals surface area contributed by atoms with Gasteiger partial charge in [-0.15, -0.1) is 0 Å². The molecule has 9 heteroatoms. The molecule has 0 aliphatic carbocycles. The molecular formula is C17H23NO7S. The summed E-state index contributed by atoms with van der Waals surface area (Å²) in [6, 6.07) is 3.87. The zero-order valence-electron chi connectivity index (χ0n) is 15.1. The highest BCUT2D eigenvalue weighted by atomic mass is 32.2. The first-order valence-corrected chi connectivity index (χ1v) is 9.69. The van der Waals surface area contributed by atoms with Gasteiger partial charge < -0.3 is 14.2 Å². The summed E-state index contributed by atoms with van der Waals surface area (Å²) in [4.78, 5) is 23.1. The molecule has 0 aromatic heterocycles. The lowest BCUT2D eigenvalue weighted by atomic mass is 10.1. The van der Waals surface area contributed by atoms with E-state index in [4.69, 9.17) is 9.47 Å². The third kappa shape index (κ3) is 4.34. The third-order valence-corrected chi connectivity index (χ3v) is 6.31. The van der Waals surface area contributed by atoms with Crippen LogP contribution in [0.5, 0.6) is 5.75 Å². The first-order chi connectivity index (χ1) is 12.3. The molecule has 0 N–H and O–H groups in total. The molecular weight excluding hydrogens is 362 g/mol. The Morgan fingerprint density at radius 3 is 2.58 bits per heavy atom. The molecule has 0 amide bonds. The maximum Gasteiger partial charge on any atom is 0.344 e. The Hall–Kier alpha value is -2.13. The van der Waals surface area contributed by atoms with Crippen LogP contribution in [0, 0.1) is 0 Å². The molecule has 0 bridgehead atoms. The molecule has 1 saturated heterocycles. The van der Waals surface area contributed by atoms with Gasteiger partial charge in [0, 0.05) is 12.6 Å². The fourth-order valence-electron chi connectivity index (χ4n) is 2.83. The number of nitrogens with zero attached hydrogens (tertiary/aromatic N) is 1. The molecule has 1 unspecified atom stereocenters. The maximum atomic E-state index is 13.1. The van der Waals surface area contributed by atoms with E-state index in [2.05, 4.69) is 4.74 Å². The van der Waals surface area contributed by atoms with Crippen LogP contribution >= 0.6 is 0 Å². The van der Waals surface area contributed by atoms with Crippen molar-refractivity contribution in [2.24, 2.45) is 0 Å². The number of hydrogen-bond acceptors (Lipinski definition) is 7. The van der Waals surface area contributed by atoms with E-state index < -0.39 is 28.6 Å². The number of ether oxygens (including phenoxy) is 3. The second-order valence-electron chi connectivity index (χ2n) is 5.98. The molecule has 1 aliphatic rings. The minimum atomic E-state index is -3.84. The van der Waals surface area contributed by atoms with Crippen LogP contribution in [-0.4, -0.2) is 58.1 Å². The van der Waals surface area contributed by atoms with Crippen LogP contribution in [-0.2, 0) is 24.3 Å². The number of hydrogen-bond donors (Lipinski definition) is 0. The van der Waals surface area contributed by atoms with Gasteiger partial charge in [0.05, 0.1) is 19.8 Å². The summed E-state index contributed by atoms with van der Waals surface area (Å²) < 4.78 is 42.0. The Labute approximate surface area is 153 Å². The van der Waals surface area contributed by atoms with Gasteiger partial charge in [-0.3, -0.25) is 0 Å². The first kappa shape index (κ1) is 20.2. The van der Waals surface area contributed by atoms with Crippen molar-refractivity contribution in [3.63, 3.8) is 0 Å². The molecule has 2 rings (SSSR count). The minimum absolute atomic E-state index is 0.0120. The zero-order chi connectivity index (χ0) is 19.3. The van der Waals surface area contributed by atoms with Crippen molar-refractivity contribution in [1.29, 1.82) is 0 Å². The van der Waals surface area contributed by atoms with Gasteiger partial charge in [0.1, 0.15) is 10.6 Å². The van der Waals surface area contributed by atoms with Gasteiger partial charge in [0.2, 0.25) is 10.0 Å². The van der Waals surface area contributed by atoms with Crippen molar-refractivity contribution in [2.45, 2.75) is 37.1 Å². The molecule has 0 spiro atoms. The van der Waals surface area contributed by atoms with Gasteiger partial charge in [-0.1, -0.05) is 6.42 Å². The van der Waals surface area contributed by atoms with Crippen LogP contribution in [0.3, 0.4) is 0 Å². The summed E-state index contributed by atoms with van der Waals surface area (Å²) >= 11 is 0. The second-order valence-corrected chi connectivity index (χ2v) is 7.84. The maximum absolute atomic E-state index is 13.1. The molecule has 0 radical (unpaired) electrons. The summed E-state index contributed by atoms with van der Waals surface area (Å²) in [5, 5.41) is 0. The van der Waals surface area contributed by atoms with E-state index in [-0.39, 0.29) is 22.3 Å². The Kier molecular flexibility index (Phi) is 6.60. The summed E-state index contributed by atoms with van der Waals surface area (Å²) in [7, 11) is -1.30. The highest BCUT2D eigenvalue weighted by molar-refractivity contribution is 7.89. The smallest absolute Gasteiger partial charge is 0.344 e. The Bertz CT molecular complexity index is 775. The van der Waals surface area contributed by atoms with E-state index in [1.54, 1.807) is 0 Å². The molecule has 1 aromatic rings. The monoisotopic (exact) mass is 385 g/mol. The third-order valence-electron chi connectivity index (χ3n) is 4.28. The van der Waals surface area contributed by atoms with Crippen LogP contribution in [0.15, 0.2) is 23.1 Å². The number of sulfonamides is 1. The van der Waals surface area contributed by atoms with Gasteiger partial charge in [0.15, 0.2) is 6.61 Å². The summed E-state index contributed by atoms with van der Waals surface area (Å²) in [6.45, 7) is 1.73. The molecule has 144 valence electrons. The molecule has 1 fully saturated rings. The largest absolute Gasteiger partial charge is 0.495 e. The van der Waals surface area contributed by atoms with Crippen LogP contribution in [0.2, 0.25) is 0 Å². The number of carbonyl (C=O) groups excluding carboxylic acids is 2. The average Bonchev–Trinajstić information content (AvgIpc) is 2.65. The molecule has 26 heavy (non-hydrogen) atoms. The zero-order valence-corrected chi connectivity index (χ0v) is 15.9. The molecule has 1 aliphatic heterocycles. The number of piperidine rings is 1. The van der Waals surface area contributed by atoms with Crippen LogP contribution in [0.4, 0.5) is 0 Å². The number of benzene rings is 1. The molecule has 0 saturated carbocycles. The quantitative estimate of drug-likeness (QED) is 0.686. The fourth-order valence-corrected chi connectivity index (χ4v) is 4.71. The van der Waals surface area contributed by atoms with Crippen molar-refractivity contribution in [3.05, 3.63) is 23.8 Å². The van der Waals surface area contributed by atoms with Gasteiger partial charge in [-0.05, 0) is 38.0 Å². The molecule has 1 atom stereocenters. The lowest BCUT2D eigenvalue weighted by Crippen LogP contribution is -2.42. The minimum Gasteiger partial charge on any atom is -0.495 e. The Morgan fingerprint density at radius 2 is 1.96 bits per heavy atom. The number of methoxy groups -OCH3 is 2.